The van der Waals surface area contributed by atoms with Crippen LogP contribution in [0.15, 0.2) is 42.0 Å². The van der Waals surface area contributed by atoms with Gasteiger partial charge in [0.05, 0.1) is 13.7 Å². The van der Waals surface area contributed by atoms with Gasteiger partial charge in [-0.15, -0.1) is 0 Å². The van der Waals surface area contributed by atoms with Gasteiger partial charge in [-0.25, -0.2) is 0 Å². The number of nitriles is 1. The van der Waals surface area contributed by atoms with Gasteiger partial charge in [-0.2, -0.15) is 5.26 Å². The summed E-state index contributed by atoms with van der Waals surface area (Å²) in [4.78, 5) is 12.4. The van der Waals surface area contributed by atoms with E-state index >= 15 is 0 Å². The molecule has 1 N–H and O–H groups in total. The van der Waals surface area contributed by atoms with E-state index in [1.54, 1.807) is 6.08 Å². The first-order chi connectivity index (χ1) is 12.0. The predicted octanol–water partition coefficient (Wildman–Crippen LogP) is 5.15. The number of nitrogens with one attached hydrogen (secondary N) is 1. The van der Waals surface area contributed by atoms with E-state index in [4.69, 9.17) is 4.74 Å². The van der Waals surface area contributed by atoms with Gasteiger partial charge in [0.15, 0.2) is 0 Å². The molecule has 128 valence electrons. The van der Waals surface area contributed by atoms with E-state index in [9.17, 15) is 10.1 Å². The number of amides is 1. The minimum Gasteiger partial charge on any atom is -0.492 e. The number of carbonyl (C=O) groups excluding carboxylic acids is 1. The maximum absolute atomic E-state index is 12.4. The summed E-state index contributed by atoms with van der Waals surface area (Å²) in [5.41, 5.74) is 2.48. The van der Waals surface area contributed by atoms with Crippen molar-refractivity contribution < 1.29 is 9.53 Å². The van der Waals surface area contributed by atoms with Crippen LogP contribution in [0.4, 0.5) is 5.69 Å². The molecular formula is C19H16I2N2O2. The molecule has 1 amide bonds. The third-order valence-corrected chi connectivity index (χ3v) is 4.98. The summed E-state index contributed by atoms with van der Waals surface area (Å²) in [6, 6.07) is 13.2. The third kappa shape index (κ3) is 5.19. The summed E-state index contributed by atoms with van der Waals surface area (Å²) in [5.74, 6) is 0.402. The fraction of sp³-hybridized carbons (Fsp3) is 0.158. The molecule has 4 nitrogen and oxygen atoms in total. The number of nitrogens with zero attached hydrogens (tertiary/aromatic N) is 1. The monoisotopic (exact) mass is 558 g/mol. The Hall–Kier alpha value is -1.60. The molecule has 6 heteroatoms. The molecule has 0 heterocycles. The Morgan fingerprint density at radius 2 is 1.92 bits per heavy atom. The Morgan fingerprint density at radius 3 is 2.48 bits per heavy atom. The van der Waals surface area contributed by atoms with Gasteiger partial charge < -0.3 is 10.1 Å². The smallest absolute Gasteiger partial charge is 0.266 e. The molecule has 0 aliphatic heterocycles. The van der Waals surface area contributed by atoms with E-state index in [1.165, 1.54) is 0 Å². The van der Waals surface area contributed by atoms with Gasteiger partial charge in [0.2, 0.25) is 0 Å². The molecule has 0 aliphatic carbocycles. The average molecular weight is 558 g/mol. The second kappa shape index (κ2) is 9.20. The zero-order valence-corrected chi connectivity index (χ0v) is 18.1. The van der Waals surface area contributed by atoms with Crippen molar-refractivity contribution >= 4 is 62.9 Å². The van der Waals surface area contributed by atoms with Crippen LogP contribution >= 0.6 is 45.2 Å². The molecule has 0 saturated heterocycles. The Kier molecular flexibility index (Phi) is 7.25. The summed E-state index contributed by atoms with van der Waals surface area (Å²) in [6.07, 6.45) is 1.59. The van der Waals surface area contributed by atoms with Crippen LogP contribution in [-0.4, -0.2) is 12.5 Å². The molecule has 0 aromatic heterocycles. The van der Waals surface area contributed by atoms with Crippen molar-refractivity contribution in [1.29, 1.82) is 5.26 Å². The van der Waals surface area contributed by atoms with Crippen molar-refractivity contribution in [2.75, 3.05) is 11.9 Å². The number of para-hydroxylation sites is 1. The molecule has 2 aromatic carbocycles. The summed E-state index contributed by atoms with van der Waals surface area (Å²) in [5, 5.41) is 12.2. The van der Waals surface area contributed by atoms with Crippen LogP contribution in [0.25, 0.3) is 6.08 Å². The summed E-state index contributed by atoms with van der Waals surface area (Å²) < 4.78 is 7.49. The number of benzene rings is 2. The van der Waals surface area contributed by atoms with Crippen LogP contribution in [0, 0.1) is 25.4 Å². The van der Waals surface area contributed by atoms with E-state index in [1.807, 2.05) is 56.3 Å². The molecule has 0 spiro atoms. The van der Waals surface area contributed by atoms with Crippen molar-refractivity contribution in [1.82, 2.24) is 0 Å². The quantitative estimate of drug-likeness (QED) is 0.314. The number of hydrogen-bond acceptors (Lipinski definition) is 3. The Morgan fingerprint density at radius 1 is 1.28 bits per heavy atom. The van der Waals surface area contributed by atoms with Crippen LogP contribution in [0.5, 0.6) is 5.75 Å². The number of anilines is 1. The van der Waals surface area contributed by atoms with Crippen molar-refractivity contribution in [3.63, 3.8) is 0 Å². The molecule has 2 rings (SSSR count). The standard InChI is InChI=1S/C19H16I2N2O2/c1-3-25-18-15(20)9-13(10-16(18)21)8-14(11-22)19(24)23-17-7-5-4-6-12(17)2/h4-10H,3H2,1-2H3,(H,23,24). The van der Waals surface area contributed by atoms with Crippen LogP contribution in [-0.2, 0) is 4.79 Å². The van der Waals surface area contributed by atoms with E-state index in [0.717, 1.165) is 24.0 Å². The van der Waals surface area contributed by atoms with Crippen LogP contribution < -0.4 is 10.1 Å². The highest BCUT2D eigenvalue weighted by Crippen LogP contribution is 2.30. The number of aryl methyl sites for hydroxylation is 1. The first-order valence-corrected chi connectivity index (χ1v) is 9.72. The largest absolute Gasteiger partial charge is 0.492 e. The molecule has 2 aromatic rings. The maximum atomic E-state index is 12.4. The molecule has 0 aliphatic rings. The number of halogens is 2. The Labute approximate surface area is 174 Å². The average Bonchev–Trinajstić information content (AvgIpc) is 2.58. The van der Waals surface area contributed by atoms with Gasteiger partial charge in [0.25, 0.3) is 5.91 Å². The molecule has 0 bridgehead atoms. The van der Waals surface area contributed by atoms with Gasteiger partial charge in [-0.05, 0) is 94.4 Å². The molecule has 25 heavy (non-hydrogen) atoms. The zero-order valence-electron chi connectivity index (χ0n) is 13.8. The first-order valence-electron chi connectivity index (χ1n) is 7.57. The lowest BCUT2D eigenvalue weighted by Gasteiger charge is -2.10. The Balaban J connectivity index is 2.30. The lowest BCUT2D eigenvalue weighted by atomic mass is 10.1. The molecule has 0 atom stereocenters. The normalized spacial score (nSPS) is 10.9. The van der Waals surface area contributed by atoms with E-state index < -0.39 is 5.91 Å². The highest BCUT2D eigenvalue weighted by atomic mass is 127. The van der Waals surface area contributed by atoms with Crippen molar-refractivity contribution in [3.8, 4) is 11.8 Å². The van der Waals surface area contributed by atoms with Gasteiger partial charge in [0.1, 0.15) is 17.4 Å². The molecule has 0 fully saturated rings. The zero-order chi connectivity index (χ0) is 18.4. The van der Waals surface area contributed by atoms with E-state index in [0.29, 0.717) is 12.3 Å². The SMILES string of the molecule is CCOc1c(I)cc(C=C(C#N)C(=O)Nc2ccccc2C)cc1I. The van der Waals surface area contributed by atoms with Crippen LogP contribution in [0.3, 0.4) is 0 Å². The maximum Gasteiger partial charge on any atom is 0.266 e. The first kappa shape index (κ1) is 19.7. The third-order valence-electron chi connectivity index (χ3n) is 3.38. The van der Waals surface area contributed by atoms with Crippen molar-refractivity contribution in [3.05, 3.63) is 60.2 Å². The van der Waals surface area contributed by atoms with Crippen LogP contribution in [0.2, 0.25) is 0 Å². The molecule has 0 radical (unpaired) electrons. The Bertz CT molecular complexity index is 847. The minimum absolute atomic E-state index is 0.0546. The van der Waals surface area contributed by atoms with Gasteiger partial charge in [0, 0.05) is 5.69 Å². The number of rotatable bonds is 5. The number of ether oxygens (including phenoxy) is 1. The lowest BCUT2D eigenvalue weighted by Crippen LogP contribution is -2.14. The minimum atomic E-state index is -0.421. The molecule has 0 saturated carbocycles. The lowest BCUT2D eigenvalue weighted by molar-refractivity contribution is -0.112. The number of carbonyl (C=O) groups is 1. The fourth-order valence-corrected chi connectivity index (χ4v) is 4.29. The molecule has 0 unspecified atom stereocenters. The van der Waals surface area contributed by atoms with Crippen LogP contribution in [0.1, 0.15) is 18.1 Å². The predicted molar refractivity (Wildman–Crippen MR) is 116 cm³/mol. The van der Waals surface area contributed by atoms with Crippen molar-refractivity contribution in [2.24, 2.45) is 0 Å². The highest BCUT2D eigenvalue weighted by Gasteiger charge is 2.13. The van der Waals surface area contributed by atoms with Gasteiger partial charge >= 0.3 is 0 Å². The van der Waals surface area contributed by atoms with E-state index in [2.05, 4.69) is 50.5 Å². The fourth-order valence-electron chi connectivity index (χ4n) is 2.16. The topological polar surface area (TPSA) is 62.1 Å². The van der Waals surface area contributed by atoms with Gasteiger partial charge in [-0.1, -0.05) is 18.2 Å². The summed E-state index contributed by atoms with van der Waals surface area (Å²) >= 11 is 4.38. The summed E-state index contributed by atoms with van der Waals surface area (Å²) in [6.45, 7) is 4.43. The molecular weight excluding hydrogens is 542 g/mol. The summed E-state index contributed by atoms with van der Waals surface area (Å²) in [7, 11) is 0. The van der Waals surface area contributed by atoms with Gasteiger partial charge in [-0.3, -0.25) is 4.79 Å². The van der Waals surface area contributed by atoms with Crippen molar-refractivity contribution in [2.45, 2.75) is 13.8 Å². The second-order valence-electron chi connectivity index (χ2n) is 5.19. The van der Waals surface area contributed by atoms with E-state index in [-0.39, 0.29) is 5.57 Å². The second-order valence-corrected chi connectivity index (χ2v) is 7.51. The highest BCUT2D eigenvalue weighted by molar-refractivity contribution is 14.1. The number of hydrogen-bond donors (Lipinski definition) is 1.